The number of nitrogens with zero attached hydrogens (tertiary/aromatic N) is 8. The molecule has 27 heavy (non-hydrogen) atoms. The number of aromatic nitrogens is 7. The molecule has 0 aliphatic carbocycles. The summed E-state index contributed by atoms with van der Waals surface area (Å²) in [6.45, 7) is 4.62. The third-order valence-corrected chi connectivity index (χ3v) is 3.77. The van der Waals surface area contributed by atoms with E-state index in [1.54, 1.807) is 15.6 Å². The molecular formula is C15H24IN11. The second kappa shape index (κ2) is 9.99. The van der Waals surface area contributed by atoms with Crippen LogP contribution in [-0.2, 0) is 20.6 Å². The molecule has 0 unspecified atom stereocenters. The number of aryl methyl sites for hydroxylation is 2. The molecule has 3 aromatic heterocycles. The number of hydrogen-bond donors (Lipinski definition) is 3. The molecule has 0 aromatic carbocycles. The standard InChI is InChI=1S/C15H23N11.HI/c1-4-16-15(19-8-12-20-10-24-25(12)2)18-6-5-17-13-11-7-23-26(3)14(11)22-9-21-13;/h7,9-10H,4-6,8H2,1-3H3,(H2,16,18,19)(H,17,21,22);1H. The molecule has 0 aliphatic rings. The van der Waals surface area contributed by atoms with E-state index in [1.165, 1.54) is 12.7 Å². The van der Waals surface area contributed by atoms with Gasteiger partial charge in [0, 0.05) is 33.7 Å². The minimum Gasteiger partial charge on any atom is -0.368 e. The van der Waals surface area contributed by atoms with Crippen LogP contribution in [0.4, 0.5) is 5.82 Å². The molecule has 0 bridgehead atoms. The molecule has 3 rings (SSSR count). The minimum absolute atomic E-state index is 0. The molecule has 12 heteroatoms. The van der Waals surface area contributed by atoms with Crippen LogP contribution in [0.2, 0.25) is 0 Å². The maximum atomic E-state index is 4.52. The lowest BCUT2D eigenvalue weighted by atomic mass is 10.4. The van der Waals surface area contributed by atoms with Gasteiger partial charge >= 0.3 is 0 Å². The van der Waals surface area contributed by atoms with E-state index in [2.05, 4.69) is 46.1 Å². The van der Waals surface area contributed by atoms with Crippen molar-refractivity contribution >= 4 is 46.8 Å². The highest BCUT2D eigenvalue weighted by Crippen LogP contribution is 2.16. The predicted molar refractivity (Wildman–Crippen MR) is 114 cm³/mol. The van der Waals surface area contributed by atoms with Crippen molar-refractivity contribution in [1.29, 1.82) is 0 Å². The van der Waals surface area contributed by atoms with Crippen molar-refractivity contribution in [3.63, 3.8) is 0 Å². The fourth-order valence-electron chi connectivity index (χ4n) is 2.42. The van der Waals surface area contributed by atoms with Crippen molar-refractivity contribution in [3.05, 3.63) is 24.7 Å². The Morgan fingerprint density at radius 3 is 2.63 bits per heavy atom. The lowest BCUT2D eigenvalue weighted by Crippen LogP contribution is -2.39. The van der Waals surface area contributed by atoms with Crippen LogP contribution < -0.4 is 16.0 Å². The van der Waals surface area contributed by atoms with Crippen LogP contribution in [0, 0.1) is 0 Å². The van der Waals surface area contributed by atoms with Gasteiger partial charge in [-0.3, -0.25) is 9.36 Å². The average Bonchev–Trinajstić information content (AvgIpc) is 3.23. The summed E-state index contributed by atoms with van der Waals surface area (Å²) in [7, 11) is 3.71. The van der Waals surface area contributed by atoms with Crippen LogP contribution in [0.3, 0.4) is 0 Å². The molecule has 0 radical (unpaired) electrons. The first kappa shape index (κ1) is 20.8. The highest BCUT2D eigenvalue weighted by Gasteiger charge is 2.07. The van der Waals surface area contributed by atoms with Gasteiger partial charge in [-0.05, 0) is 6.92 Å². The van der Waals surface area contributed by atoms with E-state index in [1.807, 2.05) is 21.0 Å². The fourth-order valence-corrected chi connectivity index (χ4v) is 2.42. The first-order chi connectivity index (χ1) is 12.7. The lowest BCUT2D eigenvalue weighted by molar-refractivity contribution is 0.698. The number of nitrogens with one attached hydrogen (secondary N) is 3. The van der Waals surface area contributed by atoms with Crippen LogP contribution in [-0.4, -0.2) is 60.1 Å². The van der Waals surface area contributed by atoms with Gasteiger partial charge in [0.2, 0.25) is 0 Å². The number of anilines is 1. The van der Waals surface area contributed by atoms with Crippen molar-refractivity contribution in [3.8, 4) is 0 Å². The average molecular weight is 485 g/mol. The highest BCUT2D eigenvalue weighted by molar-refractivity contribution is 14.0. The summed E-state index contributed by atoms with van der Waals surface area (Å²) >= 11 is 0. The van der Waals surface area contributed by atoms with Gasteiger partial charge in [0.05, 0.1) is 11.6 Å². The zero-order valence-electron chi connectivity index (χ0n) is 15.5. The van der Waals surface area contributed by atoms with Gasteiger partial charge in [0.1, 0.15) is 30.8 Å². The summed E-state index contributed by atoms with van der Waals surface area (Å²) in [5.74, 6) is 2.30. The Kier molecular flexibility index (Phi) is 7.69. The zero-order valence-corrected chi connectivity index (χ0v) is 17.9. The second-order valence-electron chi connectivity index (χ2n) is 5.58. The number of guanidine groups is 1. The van der Waals surface area contributed by atoms with Crippen LogP contribution >= 0.6 is 24.0 Å². The van der Waals surface area contributed by atoms with E-state index < -0.39 is 0 Å². The monoisotopic (exact) mass is 485 g/mol. The van der Waals surface area contributed by atoms with Crippen molar-refractivity contribution in [2.75, 3.05) is 25.0 Å². The van der Waals surface area contributed by atoms with E-state index in [9.17, 15) is 0 Å². The van der Waals surface area contributed by atoms with Gasteiger partial charge in [-0.2, -0.15) is 10.2 Å². The molecule has 3 heterocycles. The predicted octanol–water partition coefficient (Wildman–Crippen LogP) is 0.277. The fraction of sp³-hybridized carbons (Fsp3) is 0.467. The SMILES string of the molecule is CCNC(=NCc1ncnn1C)NCCNc1ncnc2c1cnn2C.I. The van der Waals surface area contributed by atoms with E-state index >= 15 is 0 Å². The van der Waals surface area contributed by atoms with Gasteiger partial charge in [-0.1, -0.05) is 0 Å². The van der Waals surface area contributed by atoms with Gasteiger partial charge in [-0.25, -0.2) is 19.9 Å². The Hall–Kier alpha value is -2.51. The molecule has 0 aliphatic heterocycles. The Labute approximate surface area is 174 Å². The molecule has 0 atom stereocenters. The summed E-state index contributed by atoms with van der Waals surface area (Å²) in [6, 6.07) is 0. The minimum atomic E-state index is 0. The Morgan fingerprint density at radius 2 is 1.89 bits per heavy atom. The Morgan fingerprint density at radius 1 is 1.04 bits per heavy atom. The van der Waals surface area contributed by atoms with E-state index in [0.717, 1.165) is 35.2 Å². The largest absolute Gasteiger partial charge is 0.368 e. The van der Waals surface area contributed by atoms with Crippen molar-refractivity contribution in [1.82, 2.24) is 45.1 Å². The summed E-state index contributed by atoms with van der Waals surface area (Å²) in [6.07, 6.45) is 4.82. The number of aliphatic imine (C=N–C) groups is 1. The van der Waals surface area contributed by atoms with E-state index in [-0.39, 0.29) is 24.0 Å². The Bertz CT molecular complexity index is 885. The summed E-state index contributed by atoms with van der Waals surface area (Å²) in [5.41, 5.74) is 0.800. The summed E-state index contributed by atoms with van der Waals surface area (Å²) < 4.78 is 3.44. The molecule has 146 valence electrons. The molecular weight excluding hydrogens is 461 g/mol. The molecule has 0 saturated carbocycles. The second-order valence-corrected chi connectivity index (χ2v) is 5.58. The first-order valence-corrected chi connectivity index (χ1v) is 8.40. The maximum Gasteiger partial charge on any atom is 0.191 e. The van der Waals surface area contributed by atoms with Crippen molar-refractivity contribution in [2.45, 2.75) is 13.5 Å². The van der Waals surface area contributed by atoms with Crippen LogP contribution in [0.25, 0.3) is 11.0 Å². The third kappa shape index (κ3) is 5.24. The van der Waals surface area contributed by atoms with Crippen LogP contribution in [0.5, 0.6) is 0 Å². The van der Waals surface area contributed by atoms with E-state index in [0.29, 0.717) is 19.6 Å². The maximum absolute atomic E-state index is 4.52. The molecule has 0 spiro atoms. The van der Waals surface area contributed by atoms with Gasteiger partial charge in [-0.15, -0.1) is 24.0 Å². The lowest BCUT2D eigenvalue weighted by Gasteiger charge is -2.12. The van der Waals surface area contributed by atoms with Gasteiger partial charge in [0.15, 0.2) is 11.6 Å². The first-order valence-electron chi connectivity index (χ1n) is 8.40. The smallest absolute Gasteiger partial charge is 0.191 e. The van der Waals surface area contributed by atoms with Crippen molar-refractivity contribution in [2.24, 2.45) is 19.1 Å². The summed E-state index contributed by atoms with van der Waals surface area (Å²) in [5, 5.41) is 18.9. The molecule has 0 amide bonds. The molecule has 0 fully saturated rings. The third-order valence-electron chi connectivity index (χ3n) is 3.77. The van der Waals surface area contributed by atoms with Crippen molar-refractivity contribution < 1.29 is 0 Å². The quantitative estimate of drug-likeness (QED) is 0.189. The topological polar surface area (TPSA) is 123 Å². The molecule has 0 saturated heterocycles. The van der Waals surface area contributed by atoms with E-state index in [4.69, 9.17) is 0 Å². The number of rotatable bonds is 7. The molecule has 11 nitrogen and oxygen atoms in total. The number of hydrogen-bond acceptors (Lipinski definition) is 7. The Balaban J connectivity index is 0.00000261. The molecule has 3 N–H and O–H groups in total. The van der Waals surface area contributed by atoms with Gasteiger partial charge in [0.25, 0.3) is 0 Å². The van der Waals surface area contributed by atoms with Gasteiger partial charge < -0.3 is 16.0 Å². The van der Waals surface area contributed by atoms with Crippen LogP contribution in [0.15, 0.2) is 23.8 Å². The number of fused-ring (bicyclic) bond motifs is 1. The normalized spacial score (nSPS) is 11.3. The summed E-state index contributed by atoms with van der Waals surface area (Å²) in [4.78, 5) is 17.2. The highest BCUT2D eigenvalue weighted by atomic mass is 127. The number of halogens is 1. The van der Waals surface area contributed by atoms with Crippen LogP contribution in [0.1, 0.15) is 12.7 Å². The zero-order chi connectivity index (χ0) is 18.4. The molecule has 3 aromatic rings.